The van der Waals surface area contributed by atoms with Gasteiger partial charge in [-0.05, 0) is 68.2 Å². The zero-order chi connectivity index (χ0) is 13.7. The monoisotopic (exact) mass is 279 g/mol. The quantitative estimate of drug-likeness (QED) is 0.884. The minimum atomic E-state index is 0.168. The van der Waals surface area contributed by atoms with Crippen LogP contribution >= 0.6 is 11.8 Å². The third-order valence-corrected chi connectivity index (χ3v) is 4.66. The minimum Gasteiger partial charge on any atom is -0.491 e. The molecule has 1 unspecified atom stereocenters. The predicted molar refractivity (Wildman–Crippen MR) is 83.8 cm³/mol. The summed E-state index contributed by atoms with van der Waals surface area (Å²) in [6, 6.07) is 8.46. The highest BCUT2D eigenvalue weighted by Gasteiger charge is 2.17. The average Bonchev–Trinajstić information content (AvgIpc) is 2.40. The highest BCUT2D eigenvalue weighted by atomic mass is 32.2. The fraction of sp³-hybridized carbons (Fsp3) is 0.625. The third kappa shape index (κ3) is 4.73. The minimum absolute atomic E-state index is 0.168. The summed E-state index contributed by atoms with van der Waals surface area (Å²) in [5.74, 6) is 4.35. The van der Waals surface area contributed by atoms with Crippen molar-refractivity contribution in [3.8, 4) is 5.75 Å². The van der Waals surface area contributed by atoms with Crippen LogP contribution in [-0.4, -0.2) is 17.6 Å². The molecule has 1 aliphatic rings. The van der Waals surface area contributed by atoms with Crippen molar-refractivity contribution in [3.05, 3.63) is 29.8 Å². The summed E-state index contributed by atoms with van der Waals surface area (Å²) >= 11 is 2.07. The molecular formula is C16H25NOS. The van der Waals surface area contributed by atoms with E-state index in [0.29, 0.717) is 0 Å². The van der Waals surface area contributed by atoms with Crippen LogP contribution in [0.15, 0.2) is 24.3 Å². The van der Waals surface area contributed by atoms with Gasteiger partial charge in [0.15, 0.2) is 0 Å². The summed E-state index contributed by atoms with van der Waals surface area (Å²) in [6.45, 7) is 4.08. The van der Waals surface area contributed by atoms with Gasteiger partial charge in [-0.15, -0.1) is 0 Å². The average molecular weight is 279 g/mol. The van der Waals surface area contributed by atoms with E-state index in [1.54, 1.807) is 0 Å². The molecule has 1 heterocycles. The van der Waals surface area contributed by atoms with Gasteiger partial charge in [0.25, 0.3) is 0 Å². The van der Waals surface area contributed by atoms with Crippen molar-refractivity contribution >= 4 is 11.8 Å². The molecule has 1 aromatic carbocycles. The lowest BCUT2D eigenvalue weighted by Crippen LogP contribution is -2.18. The van der Waals surface area contributed by atoms with E-state index in [1.165, 1.54) is 29.9 Å². The van der Waals surface area contributed by atoms with E-state index < -0.39 is 0 Å². The second-order valence-electron chi connectivity index (χ2n) is 5.63. The Labute approximate surface area is 121 Å². The zero-order valence-electron chi connectivity index (χ0n) is 12.0. The number of rotatable bonds is 5. The Kier molecular flexibility index (Phi) is 5.59. The highest BCUT2D eigenvalue weighted by Crippen LogP contribution is 2.30. The van der Waals surface area contributed by atoms with Gasteiger partial charge < -0.3 is 10.5 Å². The van der Waals surface area contributed by atoms with Crippen molar-refractivity contribution in [2.75, 3.05) is 11.5 Å². The molecule has 1 atom stereocenters. The van der Waals surface area contributed by atoms with Crippen molar-refractivity contribution in [3.63, 3.8) is 0 Å². The van der Waals surface area contributed by atoms with Crippen LogP contribution in [0.2, 0.25) is 0 Å². The first kappa shape index (κ1) is 14.7. The first-order valence-corrected chi connectivity index (χ1v) is 8.40. The van der Waals surface area contributed by atoms with E-state index in [2.05, 4.69) is 23.9 Å². The second-order valence-corrected chi connectivity index (χ2v) is 6.86. The molecule has 19 heavy (non-hydrogen) atoms. The summed E-state index contributed by atoms with van der Waals surface area (Å²) < 4.78 is 5.66. The fourth-order valence-electron chi connectivity index (χ4n) is 2.54. The van der Waals surface area contributed by atoms with Crippen LogP contribution in [0.3, 0.4) is 0 Å². The molecule has 106 valence electrons. The molecule has 1 saturated heterocycles. The molecule has 1 aromatic rings. The summed E-state index contributed by atoms with van der Waals surface area (Å²) in [6.07, 6.45) is 3.99. The van der Waals surface area contributed by atoms with Gasteiger partial charge in [0, 0.05) is 6.04 Å². The number of nitrogens with two attached hydrogens (primary N) is 1. The second kappa shape index (κ2) is 7.20. The van der Waals surface area contributed by atoms with E-state index in [9.17, 15) is 0 Å². The van der Waals surface area contributed by atoms with Crippen LogP contribution in [0.25, 0.3) is 0 Å². The largest absolute Gasteiger partial charge is 0.491 e. The van der Waals surface area contributed by atoms with Crippen LogP contribution < -0.4 is 10.5 Å². The van der Waals surface area contributed by atoms with E-state index in [1.807, 2.05) is 26.0 Å². The van der Waals surface area contributed by atoms with Gasteiger partial charge in [0.2, 0.25) is 0 Å². The molecule has 2 nitrogen and oxygen atoms in total. The fourth-order valence-corrected chi connectivity index (χ4v) is 3.75. The van der Waals surface area contributed by atoms with Gasteiger partial charge in [-0.1, -0.05) is 12.1 Å². The number of hydrogen-bond acceptors (Lipinski definition) is 3. The molecule has 0 bridgehead atoms. The highest BCUT2D eigenvalue weighted by molar-refractivity contribution is 7.99. The van der Waals surface area contributed by atoms with Gasteiger partial charge in [0.05, 0.1) is 6.10 Å². The predicted octanol–water partition coefficient (Wildman–Crippen LogP) is 4.01. The van der Waals surface area contributed by atoms with Gasteiger partial charge in [-0.2, -0.15) is 11.8 Å². The Balaban J connectivity index is 1.89. The van der Waals surface area contributed by atoms with E-state index >= 15 is 0 Å². The molecule has 0 saturated carbocycles. The lowest BCUT2D eigenvalue weighted by Gasteiger charge is -2.24. The van der Waals surface area contributed by atoms with Crippen LogP contribution in [-0.2, 0) is 0 Å². The lowest BCUT2D eigenvalue weighted by molar-refractivity contribution is 0.242. The third-order valence-electron chi connectivity index (χ3n) is 3.61. The Bertz CT molecular complexity index is 371. The maximum absolute atomic E-state index is 6.33. The van der Waals surface area contributed by atoms with E-state index in [-0.39, 0.29) is 12.1 Å². The first-order valence-electron chi connectivity index (χ1n) is 7.25. The molecule has 0 radical (unpaired) electrons. The number of hydrogen-bond donors (Lipinski definition) is 1. The van der Waals surface area contributed by atoms with E-state index in [4.69, 9.17) is 10.5 Å². The molecule has 3 heteroatoms. The molecule has 0 aliphatic carbocycles. The van der Waals surface area contributed by atoms with Gasteiger partial charge >= 0.3 is 0 Å². The smallest absolute Gasteiger partial charge is 0.119 e. The molecule has 1 fully saturated rings. The SMILES string of the molecule is CC(C)Oc1ccc(C(N)CC2CCSCC2)cc1. The van der Waals surface area contributed by atoms with Crippen molar-refractivity contribution in [2.24, 2.45) is 11.7 Å². The summed E-state index contributed by atoms with van der Waals surface area (Å²) in [5.41, 5.74) is 7.56. The van der Waals surface area contributed by atoms with Gasteiger partial charge in [-0.3, -0.25) is 0 Å². The number of benzene rings is 1. The van der Waals surface area contributed by atoms with Gasteiger partial charge in [0.1, 0.15) is 5.75 Å². The molecule has 0 aromatic heterocycles. The zero-order valence-corrected chi connectivity index (χ0v) is 12.8. The molecule has 2 rings (SSSR count). The lowest BCUT2D eigenvalue weighted by atomic mass is 9.91. The Morgan fingerprint density at radius 1 is 1.21 bits per heavy atom. The van der Waals surface area contributed by atoms with Crippen LogP contribution in [0.1, 0.15) is 44.7 Å². The Morgan fingerprint density at radius 3 is 2.42 bits per heavy atom. The van der Waals surface area contributed by atoms with Crippen LogP contribution in [0, 0.1) is 5.92 Å². The molecular weight excluding hydrogens is 254 g/mol. The number of thioether (sulfide) groups is 1. The van der Waals surface area contributed by atoms with Crippen molar-refractivity contribution < 1.29 is 4.74 Å². The summed E-state index contributed by atoms with van der Waals surface area (Å²) in [5, 5.41) is 0. The Morgan fingerprint density at radius 2 is 1.84 bits per heavy atom. The number of ether oxygens (including phenoxy) is 1. The standard InChI is InChI=1S/C16H25NOS/c1-12(2)18-15-5-3-14(4-6-15)16(17)11-13-7-9-19-10-8-13/h3-6,12-13,16H,7-11,17H2,1-2H3. The molecule has 0 amide bonds. The van der Waals surface area contributed by atoms with Crippen molar-refractivity contribution in [1.82, 2.24) is 0 Å². The molecule has 2 N–H and O–H groups in total. The van der Waals surface area contributed by atoms with E-state index in [0.717, 1.165) is 18.1 Å². The summed E-state index contributed by atoms with van der Waals surface area (Å²) in [4.78, 5) is 0. The van der Waals surface area contributed by atoms with Crippen LogP contribution in [0.4, 0.5) is 0 Å². The van der Waals surface area contributed by atoms with Crippen molar-refractivity contribution in [2.45, 2.75) is 45.3 Å². The maximum Gasteiger partial charge on any atom is 0.119 e. The molecule has 1 aliphatic heterocycles. The van der Waals surface area contributed by atoms with Gasteiger partial charge in [-0.25, -0.2) is 0 Å². The Hall–Kier alpha value is -0.670. The normalized spacial score (nSPS) is 18.5. The maximum atomic E-state index is 6.33. The van der Waals surface area contributed by atoms with Crippen molar-refractivity contribution in [1.29, 1.82) is 0 Å². The first-order chi connectivity index (χ1) is 9.15. The van der Waals surface area contributed by atoms with Crippen LogP contribution in [0.5, 0.6) is 5.75 Å². The topological polar surface area (TPSA) is 35.2 Å². The molecule has 0 spiro atoms. The summed E-state index contributed by atoms with van der Waals surface area (Å²) in [7, 11) is 0.